The van der Waals surface area contributed by atoms with Crippen molar-refractivity contribution in [1.82, 2.24) is 5.32 Å². The first kappa shape index (κ1) is 18.9. The lowest BCUT2D eigenvalue weighted by Gasteiger charge is -2.33. The van der Waals surface area contributed by atoms with Crippen LogP contribution in [-0.4, -0.2) is 30.9 Å². The average molecular weight is 369 g/mol. The number of Topliss-reactive ketones (excluding diaryl/α,β-unsaturated/α-hetero) is 1. The molecule has 6 heteroatoms. The van der Waals surface area contributed by atoms with E-state index in [9.17, 15) is 14.4 Å². The van der Waals surface area contributed by atoms with Crippen molar-refractivity contribution in [1.29, 1.82) is 0 Å². The van der Waals surface area contributed by atoms with E-state index in [1.165, 1.54) is 6.20 Å². The van der Waals surface area contributed by atoms with Gasteiger partial charge in [-0.1, -0.05) is 30.3 Å². The molecule has 0 bridgehead atoms. The molecule has 1 aromatic carbocycles. The van der Waals surface area contributed by atoms with Crippen molar-refractivity contribution in [3.05, 3.63) is 58.9 Å². The van der Waals surface area contributed by atoms with Gasteiger partial charge in [-0.2, -0.15) is 0 Å². The molecule has 1 aliphatic carbocycles. The van der Waals surface area contributed by atoms with E-state index in [4.69, 9.17) is 9.47 Å². The number of esters is 2. The Morgan fingerprint density at radius 3 is 2.44 bits per heavy atom. The van der Waals surface area contributed by atoms with Crippen LogP contribution in [0.15, 0.2) is 53.4 Å². The van der Waals surface area contributed by atoms with Gasteiger partial charge in [0.2, 0.25) is 0 Å². The normalized spacial score (nSPS) is 21.7. The third kappa shape index (κ3) is 3.79. The van der Waals surface area contributed by atoms with Gasteiger partial charge in [-0.25, -0.2) is 4.79 Å². The summed E-state index contributed by atoms with van der Waals surface area (Å²) in [7, 11) is 0. The summed E-state index contributed by atoms with van der Waals surface area (Å²) in [5.41, 5.74) is 2.19. The van der Waals surface area contributed by atoms with Gasteiger partial charge in [0.1, 0.15) is 5.92 Å². The lowest BCUT2D eigenvalue weighted by molar-refractivity contribution is -0.149. The van der Waals surface area contributed by atoms with Crippen LogP contribution in [0.25, 0.3) is 0 Å². The van der Waals surface area contributed by atoms with Crippen molar-refractivity contribution >= 4 is 17.7 Å². The number of allylic oxidation sites excluding steroid dienone is 1. The number of hydrogen-bond acceptors (Lipinski definition) is 6. The van der Waals surface area contributed by atoms with Gasteiger partial charge >= 0.3 is 11.9 Å². The van der Waals surface area contributed by atoms with Crippen molar-refractivity contribution in [2.75, 3.05) is 13.2 Å². The molecule has 1 aliphatic heterocycles. The Balaban J connectivity index is 1.95. The fourth-order valence-electron chi connectivity index (χ4n) is 3.63. The van der Waals surface area contributed by atoms with Gasteiger partial charge in [-0.05, 0) is 31.7 Å². The van der Waals surface area contributed by atoms with E-state index in [1.807, 2.05) is 30.3 Å². The number of nitrogens with one attached hydrogen (secondary N) is 1. The minimum Gasteiger partial charge on any atom is -0.465 e. The topological polar surface area (TPSA) is 81.7 Å². The largest absolute Gasteiger partial charge is 0.465 e. The summed E-state index contributed by atoms with van der Waals surface area (Å²) in [4.78, 5) is 37.9. The monoisotopic (exact) mass is 369 g/mol. The van der Waals surface area contributed by atoms with E-state index in [0.29, 0.717) is 17.7 Å². The van der Waals surface area contributed by atoms with Gasteiger partial charge in [0.05, 0.1) is 18.8 Å². The van der Waals surface area contributed by atoms with Crippen molar-refractivity contribution in [2.24, 2.45) is 5.92 Å². The Bertz CT molecular complexity index is 809. The highest BCUT2D eigenvalue weighted by Crippen LogP contribution is 2.40. The standard InChI is InChI=1S/C21H23NO5/c1-3-26-20(24)15-12-22-16-10-14(13-8-6-5-7-9-13)11-17(23)19(16)18(15)21(25)27-4-2/h5-9,12,14,18,22H,3-4,10-11H2,1-2H3/t14-,18-/m1/s1. The third-order valence-electron chi connectivity index (χ3n) is 4.81. The summed E-state index contributed by atoms with van der Waals surface area (Å²) in [5.74, 6) is -2.37. The van der Waals surface area contributed by atoms with Crippen LogP contribution in [-0.2, 0) is 23.9 Å². The second-order valence-corrected chi connectivity index (χ2v) is 6.48. The number of dihydropyridines is 1. The number of carbonyl (C=O) groups is 3. The van der Waals surface area contributed by atoms with E-state index >= 15 is 0 Å². The molecular weight excluding hydrogens is 346 g/mol. The number of ether oxygens (including phenoxy) is 2. The van der Waals surface area contributed by atoms with Crippen molar-refractivity contribution in [2.45, 2.75) is 32.6 Å². The molecule has 0 unspecified atom stereocenters. The molecule has 0 amide bonds. The predicted molar refractivity (Wildman–Crippen MR) is 98.4 cm³/mol. The van der Waals surface area contributed by atoms with Crippen LogP contribution in [0, 0.1) is 5.92 Å². The first-order valence-corrected chi connectivity index (χ1v) is 9.18. The summed E-state index contributed by atoms with van der Waals surface area (Å²) in [6.07, 6.45) is 2.35. The number of rotatable bonds is 5. The van der Waals surface area contributed by atoms with Gasteiger partial charge in [0.25, 0.3) is 0 Å². The molecule has 0 saturated heterocycles. The van der Waals surface area contributed by atoms with Gasteiger partial charge < -0.3 is 14.8 Å². The SMILES string of the molecule is CCOC(=O)C1=CNC2=C(C(=O)C[C@H](c3ccccc3)C2)[C@@H]1C(=O)OCC. The molecule has 0 saturated carbocycles. The lowest BCUT2D eigenvalue weighted by Crippen LogP contribution is -2.38. The van der Waals surface area contributed by atoms with E-state index in [1.54, 1.807) is 13.8 Å². The highest BCUT2D eigenvalue weighted by atomic mass is 16.5. The average Bonchev–Trinajstić information content (AvgIpc) is 2.68. The van der Waals surface area contributed by atoms with Gasteiger partial charge in [-0.3, -0.25) is 9.59 Å². The van der Waals surface area contributed by atoms with E-state index in [0.717, 1.165) is 5.56 Å². The van der Waals surface area contributed by atoms with Crippen molar-refractivity contribution in [3.8, 4) is 0 Å². The van der Waals surface area contributed by atoms with Crippen molar-refractivity contribution < 1.29 is 23.9 Å². The van der Waals surface area contributed by atoms with Crippen LogP contribution >= 0.6 is 0 Å². The number of hydrogen-bond donors (Lipinski definition) is 1. The molecular formula is C21H23NO5. The first-order valence-electron chi connectivity index (χ1n) is 9.18. The molecule has 0 aromatic heterocycles. The van der Waals surface area contributed by atoms with Crippen molar-refractivity contribution in [3.63, 3.8) is 0 Å². The number of carbonyl (C=O) groups excluding carboxylic acids is 3. The zero-order chi connectivity index (χ0) is 19.4. The van der Waals surface area contributed by atoms with Crippen LogP contribution in [0.4, 0.5) is 0 Å². The van der Waals surface area contributed by atoms with Gasteiger partial charge in [-0.15, -0.1) is 0 Å². The summed E-state index contributed by atoms with van der Waals surface area (Å²) < 4.78 is 10.2. The predicted octanol–water partition coefficient (Wildman–Crippen LogP) is 2.62. The van der Waals surface area contributed by atoms with Crippen LogP contribution in [0.5, 0.6) is 0 Å². The summed E-state index contributed by atoms with van der Waals surface area (Å²) in [6.45, 7) is 3.73. The fourth-order valence-corrected chi connectivity index (χ4v) is 3.63. The molecule has 0 spiro atoms. The molecule has 0 radical (unpaired) electrons. The molecule has 0 fully saturated rings. The highest BCUT2D eigenvalue weighted by Gasteiger charge is 2.43. The van der Waals surface area contributed by atoms with E-state index in [2.05, 4.69) is 5.32 Å². The third-order valence-corrected chi connectivity index (χ3v) is 4.81. The summed E-state index contributed by atoms with van der Waals surface area (Å²) >= 11 is 0. The van der Waals surface area contributed by atoms with E-state index < -0.39 is 17.9 Å². The summed E-state index contributed by atoms with van der Waals surface area (Å²) in [6, 6.07) is 9.81. The maximum atomic E-state index is 13.0. The Hall–Kier alpha value is -2.89. The molecule has 1 aromatic rings. The number of ketones is 1. The molecule has 1 heterocycles. The number of benzene rings is 1. The highest BCUT2D eigenvalue weighted by molar-refractivity contribution is 6.08. The second kappa shape index (κ2) is 8.20. The zero-order valence-electron chi connectivity index (χ0n) is 15.5. The molecule has 2 aliphatic rings. The zero-order valence-corrected chi connectivity index (χ0v) is 15.5. The minimum absolute atomic E-state index is 0.0327. The van der Waals surface area contributed by atoms with E-state index in [-0.39, 0.29) is 36.9 Å². The van der Waals surface area contributed by atoms with Gasteiger partial charge in [0.15, 0.2) is 5.78 Å². The van der Waals surface area contributed by atoms with Crippen LogP contribution in [0.1, 0.15) is 38.2 Å². The quantitative estimate of drug-likeness (QED) is 0.804. The maximum absolute atomic E-state index is 13.0. The Labute approximate surface area is 158 Å². The molecule has 27 heavy (non-hydrogen) atoms. The molecule has 2 atom stereocenters. The molecule has 142 valence electrons. The van der Waals surface area contributed by atoms with Crippen LogP contribution in [0.3, 0.4) is 0 Å². The lowest BCUT2D eigenvalue weighted by atomic mass is 9.75. The van der Waals surface area contributed by atoms with Gasteiger partial charge in [0, 0.05) is 23.9 Å². The van der Waals surface area contributed by atoms with Crippen LogP contribution in [0.2, 0.25) is 0 Å². The molecule has 3 rings (SSSR count). The first-order chi connectivity index (χ1) is 13.1. The second-order valence-electron chi connectivity index (χ2n) is 6.48. The Morgan fingerprint density at radius 2 is 1.78 bits per heavy atom. The molecule has 1 N–H and O–H groups in total. The Morgan fingerprint density at radius 1 is 1.07 bits per heavy atom. The maximum Gasteiger partial charge on any atom is 0.336 e. The smallest absolute Gasteiger partial charge is 0.336 e. The van der Waals surface area contributed by atoms with Crippen LogP contribution < -0.4 is 5.32 Å². The Kier molecular flexibility index (Phi) is 5.74. The minimum atomic E-state index is -1.04. The molecule has 6 nitrogen and oxygen atoms in total. The summed E-state index contributed by atoms with van der Waals surface area (Å²) in [5, 5.41) is 3.06. The fraction of sp³-hybridized carbons (Fsp3) is 0.381.